The van der Waals surface area contributed by atoms with Gasteiger partial charge in [0, 0.05) is 18.0 Å². The second-order valence-electron chi connectivity index (χ2n) is 4.31. The van der Waals surface area contributed by atoms with E-state index in [4.69, 9.17) is 0 Å². The summed E-state index contributed by atoms with van der Waals surface area (Å²) in [4.78, 5) is 43.0. The molecule has 0 saturated carbocycles. The first-order valence-corrected chi connectivity index (χ1v) is 5.94. The highest BCUT2D eigenvalue weighted by Gasteiger charge is 2.27. The summed E-state index contributed by atoms with van der Waals surface area (Å²) in [5.41, 5.74) is 0.887. The van der Waals surface area contributed by atoms with E-state index in [0.717, 1.165) is 0 Å². The molecular formula is C14H9N3O3. The van der Waals surface area contributed by atoms with Crippen molar-refractivity contribution in [2.24, 2.45) is 0 Å². The van der Waals surface area contributed by atoms with Crippen molar-refractivity contribution in [1.29, 1.82) is 0 Å². The lowest BCUT2D eigenvalue weighted by molar-refractivity contribution is 0.0879. The van der Waals surface area contributed by atoms with Gasteiger partial charge in [0.15, 0.2) is 5.78 Å². The molecule has 98 valence electrons. The topological polar surface area (TPSA) is 89.0 Å². The van der Waals surface area contributed by atoms with Crippen molar-refractivity contribution < 1.29 is 14.4 Å². The van der Waals surface area contributed by atoms with Crippen LogP contribution in [0, 0.1) is 0 Å². The van der Waals surface area contributed by atoms with Gasteiger partial charge in [-0.25, -0.2) is 9.97 Å². The van der Waals surface area contributed by atoms with Crippen LogP contribution in [0.25, 0.3) is 0 Å². The van der Waals surface area contributed by atoms with Crippen molar-refractivity contribution in [3.8, 4) is 0 Å². The zero-order chi connectivity index (χ0) is 14.1. The number of hydrogen-bond acceptors (Lipinski definition) is 5. The monoisotopic (exact) mass is 267 g/mol. The van der Waals surface area contributed by atoms with Crippen LogP contribution in [-0.4, -0.2) is 27.6 Å². The van der Waals surface area contributed by atoms with E-state index in [2.05, 4.69) is 15.3 Å². The minimum atomic E-state index is -0.476. The van der Waals surface area contributed by atoms with Gasteiger partial charge in [0.1, 0.15) is 5.82 Å². The van der Waals surface area contributed by atoms with E-state index < -0.39 is 11.8 Å². The number of aromatic nitrogens is 2. The minimum Gasteiger partial charge on any atom is -0.294 e. The predicted molar refractivity (Wildman–Crippen MR) is 68.3 cm³/mol. The lowest BCUT2D eigenvalue weighted by Crippen LogP contribution is -2.19. The third-order valence-corrected chi connectivity index (χ3v) is 3.00. The molecule has 0 atom stereocenters. The van der Waals surface area contributed by atoms with Crippen LogP contribution in [-0.2, 0) is 6.42 Å². The molecule has 6 heteroatoms. The smallest absolute Gasteiger partial charge is 0.258 e. The van der Waals surface area contributed by atoms with Gasteiger partial charge in [-0.3, -0.25) is 19.7 Å². The Morgan fingerprint density at radius 3 is 2.50 bits per heavy atom. The summed E-state index contributed by atoms with van der Waals surface area (Å²) < 4.78 is 0. The van der Waals surface area contributed by atoms with Crippen molar-refractivity contribution in [2.45, 2.75) is 6.42 Å². The quantitative estimate of drug-likeness (QED) is 0.656. The van der Waals surface area contributed by atoms with Crippen LogP contribution in [0.1, 0.15) is 36.9 Å². The van der Waals surface area contributed by atoms with Crippen molar-refractivity contribution in [1.82, 2.24) is 15.3 Å². The maximum Gasteiger partial charge on any atom is 0.258 e. The summed E-state index contributed by atoms with van der Waals surface area (Å²) in [6, 6.07) is 6.11. The van der Waals surface area contributed by atoms with Crippen LogP contribution in [0.3, 0.4) is 0 Å². The summed E-state index contributed by atoms with van der Waals surface area (Å²) in [6.07, 6.45) is 3.17. The number of rotatable bonds is 3. The van der Waals surface area contributed by atoms with Gasteiger partial charge in [-0.05, 0) is 18.2 Å². The predicted octanol–water partition coefficient (Wildman–Crippen LogP) is 0.786. The molecule has 0 saturated heterocycles. The van der Waals surface area contributed by atoms with Gasteiger partial charge in [-0.2, -0.15) is 0 Å². The number of nitrogens with zero attached hydrogens (tertiary/aromatic N) is 2. The van der Waals surface area contributed by atoms with Crippen molar-refractivity contribution >= 4 is 17.6 Å². The molecule has 3 rings (SSSR count). The van der Waals surface area contributed by atoms with E-state index in [9.17, 15) is 14.4 Å². The average molecular weight is 267 g/mol. The molecule has 0 fully saturated rings. The largest absolute Gasteiger partial charge is 0.294 e. The number of amides is 2. The molecule has 1 aromatic heterocycles. The van der Waals surface area contributed by atoms with E-state index >= 15 is 0 Å². The first-order valence-electron chi connectivity index (χ1n) is 5.94. The summed E-state index contributed by atoms with van der Waals surface area (Å²) in [5, 5.41) is 2.18. The first-order chi connectivity index (χ1) is 9.65. The fourth-order valence-electron chi connectivity index (χ4n) is 2.01. The van der Waals surface area contributed by atoms with E-state index in [1.807, 2.05) is 0 Å². The Morgan fingerprint density at radius 1 is 1.05 bits per heavy atom. The van der Waals surface area contributed by atoms with Crippen molar-refractivity contribution in [3.63, 3.8) is 0 Å². The third-order valence-electron chi connectivity index (χ3n) is 3.00. The summed E-state index contributed by atoms with van der Waals surface area (Å²) in [5.74, 6) is -0.698. The number of fused-ring (bicyclic) bond motifs is 1. The van der Waals surface area contributed by atoms with Crippen LogP contribution < -0.4 is 5.32 Å². The maximum atomic E-state index is 12.1. The first kappa shape index (κ1) is 12.2. The fourth-order valence-corrected chi connectivity index (χ4v) is 2.01. The Morgan fingerprint density at radius 2 is 1.75 bits per heavy atom. The van der Waals surface area contributed by atoms with Crippen molar-refractivity contribution in [2.75, 3.05) is 0 Å². The molecule has 0 bridgehead atoms. The second kappa shape index (κ2) is 4.65. The Kier molecular flexibility index (Phi) is 2.83. The molecule has 2 heterocycles. The number of Topliss-reactive ketones (excluding diaryl/α,β-unsaturated/α-hetero) is 1. The number of imide groups is 1. The standard InChI is InChI=1S/C14H9N3O3/c18-11(7-12-15-4-1-5-16-12)8-2-3-9-10(6-8)14(20)17-13(9)19/h1-6H,7H2,(H,17,19,20). The molecule has 0 radical (unpaired) electrons. The van der Waals surface area contributed by atoms with Gasteiger partial charge in [-0.1, -0.05) is 6.07 Å². The summed E-state index contributed by atoms with van der Waals surface area (Å²) >= 11 is 0. The minimum absolute atomic E-state index is 0.0508. The molecule has 0 unspecified atom stereocenters. The average Bonchev–Trinajstić information content (AvgIpc) is 2.75. The lowest BCUT2D eigenvalue weighted by atomic mass is 10.0. The number of hydrogen-bond donors (Lipinski definition) is 1. The number of carbonyl (C=O) groups is 3. The normalized spacial score (nSPS) is 13.0. The second-order valence-corrected chi connectivity index (χ2v) is 4.31. The highest BCUT2D eigenvalue weighted by atomic mass is 16.2. The maximum absolute atomic E-state index is 12.1. The van der Waals surface area contributed by atoms with Crippen molar-refractivity contribution in [3.05, 3.63) is 59.2 Å². The van der Waals surface area contributed by atoms with Crippen LogP contribution >= 0.6 is 0 Å². The highest BCUT2D eigenvalue weighted by Crippen LogP contribution is 2.18. The highest BCUT2D eigenvalue weighted by molar-refractivity contribution is 6.22. The molecule has 1 N–H and O–H groups in total. The Balaban J connectivity index is 1.89. The van der Waals surface area contributed by atoms with Crippen LogP contribution in [0.2, 0.25) is 0 Å². The Labute approximate surface area is 113 Å². The molecule has 2 aromatic rings. The van der Waals surface area contributed by atoms with Gasteiger partial charge in [-0.15, -0.1) is 0 Å². The van der Waals surface area contributed by atoms with E-state index in [1.165, 1.54) is 18.2 Å². The number of ketones is 1. The molecule has 0 aliphatic carbocycles. The van der Waals surface area contributed by atoms with Gasteiger partial charge >= 0.3 is 0 Å². The number of carbonyl (C=O) groups excluding carboxylic acids is 3. The molecule has 2 amide bonds. The lowest BCUT2D eigenvalue weighted by Gasteiger charge is -2.02. The van der Waals surface area contributed by atoms with Crippen LogP contribution in [0.15, 0.2) is 36.7 Å². The van der Waals surface area contributed by atoms with E-state index in [1.54, 1.807) is 18.5 Å². The molecule has 1 aliphatic heterocycles. The third kappa shape index (κ3) is 2.07. The van der Waals surface area contributed by atoms with Gasteiger partial charge in [0.25, 0.3) is 11.8 Å². The molecule has 1 aromatic carbocycles. The summed E-state index contributed by atoms with van der Waals surface area (Å²) in [6.45, 7) is 0. The van der Waals surface area contributed by atoms with Gasteiger partial charge in [0.05, 0.1) is 17.5 Å². The number of nitrogens with one attached hydrogen (secondary N) is 1. The molecule has 1 aliphatic rings. The Hall–Kier alpha value is -2.89. The molecule has 0 spiro atoms. The zero-order valence-corrected chi connectivity index (χ0v) is 10.3. The van der Waals surface area contributed by atoms with Crippen LogP contribution in [0.5, 0.6) is 0 Å². The van der Waals surface area contributed by atoms with E-state index in [-0.39, 0.29) is 17.8 Å². The fraction of sp³-hybridized carbons (Fsp3) is 0.0714. The number of benzene rings is 1. The van der Waals surface area contributed by atoms with E-state index in [0.29, 0.717) is 17.0 Å². The molecule has 20 heavy (non-hydrogen) atoms. The zero-order valence-electron chi connectivity index (χ0n) is 10.3. The van der Waals surface area contributed by atoms with Crippen LogP contribution in [0.4, 0.5) is 0 Å². The van der Waals surface area contributed by atoms with Gasteiger partial charge in [0.2, 0.25) is 0 Å². The van der Waals surface area contributed by atoms with Gasteiger partial charge < -0.3 is 0 Å². The molecular weight excluding hydrogens is 258 g/mol. The summed E-state index contributed by atoms with van der Waals surface area (Å²) in [7, 11) is 0. The SMILES string of the molecule is O=C(Cc1ncccn1)c1ccc2c(c1)C(=O)NC2=O. The molecule has 6 nitrogen and oxygen atoms in total. The Bertz CT molecular complexity index is 726.